The Hall–Kier alpha value is -1.29. The van der Waals surface area contributed by atoms with Crippen LogP contribution < -0.4 is 10.0 Å². The molecule has 2 N–H and O–H groups in total. The van der Waals surface area contributed by atoms with Gasteiger partial charge in [0.2, 0.25) is 15.9 Å². The number of rotatable bonds is 6. The lowest BCUT2D eigenvalue weighted by atomic mass is 10.4. The van der Waals surface area contributed by atoms with Crippen LogP contribution in [-0.4, -0.2) is 25.9 Å². The maximum Gasteiger partial charge on any atom is 0.250 e. The molecule has 2 aromatic rings. The van der Waals surface area contributed by atoms with Crippen LogP contribution in [0.3, 0.4) is 0 Å². The van der Waals surface area contributed by atoms with E-state index in [1.54, 1.807) is 11.4 Å². The molecule has 0 aromatic carbocycles. The van der Waals surface area contributed by atoms with Gasteiger partial charge in [-0.15, -0.1) is 22.7 Å². The molecule has 2 heterocycles. The maximum absolute atomic E-state index is 11.8. The normalized spacial score (nSPS) is 11.5. The Balaban J connectivity index is 1.82. The summed E-state index contributed by atoms with van der Waals surface area (Å²) in [5, 5.41) is 4.89. The Bertz CT molecular complexity index is 701. The van der Waals surface area contributed by atoms with Crippen molar-refractivity contribution in [3.05, 3.63) is 28.1 Å². The highest BCUT2D eigenvalue weighted by Crippen LogP contribution is 2.21. The zero-order valence-corrected chi connectivity index (χ0v) is 14.0. The van der Waals surface area contributed by atoms with Crippen LogP contribution in [0.15, 0.2) is 21.7 Å². The van der Waals surface area contributed by atoms with E-state index in [4.69, 9.17) is 0 Å². The molecular weight excluding hydrogens is 330 g/mol. The predicted molar refractivity (Wildman–Crippen MR) is 84.3 cm³/mol. The van der Waals surface area contributed by atoms with Crippen LogP contribution in [0, 0.1) is 13.8 Å². The van der Waals surface area contributed by atoms with Gasteiger partial charge in [-0.05, 0) is 25.3 Å². The molecule has 0 saturated carbocycles. The molecule has 2 rings (SSSR count). The first-order chi connectivity index (χ1) is 9.88. The van der Waals surface area contributed by atoms with Crippen molar-refractivity contribution in [2.45, 2.75) is 24.5 Å². The van der Waals surface area contributed by atoms with Crippen molar-refractivity contribution < 1.29 is 13.2 Å². The van der Waals surface area contributed by atoms with E-state index in [1.165, 1.54) is 17.4 Å². The summed E-state index contributed by atoms with van der Waals surface area (Å²) >= 11 is 2.54. The van der Waals surface area contributed by atoms with E-state index in [1.807, 2.05) is 13.8 Å². The monoisotopic (exact) mass is 345 g/mol. The lowest BCUT2D eigenvalue weighted by molar-refractivity contribution is -0.116. The van der Waals surface area contributed by atoms with Crippen molar-refractivity contribution in [2.75, 3.05) is 11.9 Å². The minimum atomic E-state index is -3.51. The number of hydrogen-bond acceptors (Lipinski definition) is 6. The summed E-state index contributed by atoms with van der Waals surface area (Å²) in [6.45, 7) is 3.85. The number of carbonyl (C=O) groups excluding carboxylic acids is 1. The standard InChI is InChI=1S/C12H15N3O3S3/c1-8-9(2)20-12(14-8)15-10(16)5-6-13-21(17,18)11-4-3-7-19-11/h3-4,7,13H,5-6H2,1-2H3,(H,14,15,16). The van der Waals surface area contributed by atoms with E-state index in [-0.39, 0.29) is 23.1 Å². The molecule has 0 bridgehead atoms. The highest BCUT2D eigenvalue weighted by Gasteiger charge is 2.15. The molecule has 0 aliphatic rings. The van der Waals surface area contributed by atoms with Gasteiger partial charge in [-0.3, -0.25) is 4.79 Å². The zero-order chi connectivity index (χ0) is 15.5. The van der Waals surface area contributed by atoms with Crippen molar-refractivity contribution >= 4 is 43.7 Å². The second-order valence-electron chi connectivity index (χ2n) is 4.29. The molecule has 0 fully saturated rings. The first-order valence-corrected chi connectivity index (χ1v) is 9.33. The first-order valence-electron chi connectivity index (χ1n) is 6.15. The summed E-state index contributed by atoms with van der Waals surface area (Å²) in [5.41, 5.74) is 0.883. The molecule has 0 radical (unpaired) electrons. The molecule has 114 valence electrons. The van der Waals surface area contributed by atoms with Gasteiger partial charge < -0.3 is 5.32 Å². The van der Waals surface area contributed by atoms with Crippen LogP contribution in [0.1, 0.15) is 17.0 Å². The van der Waals surface area contributed by atoms with Crippen molar-refractivity contribution in [1.29, 1.82) is 0 Å². The summed E-state index contributed by atoms with van der Waals surface area (Å²) < 4.78 is 26.3. The number of hydrogen-bond donors (Lipinski definition) is 2. The van der Waals surface area contributed by atoms with Crippen LogP contribution >= 0.6 is 22.7 Å². The van der Waals surface area contributed by atoms with Gasteiger partial charge in [-0.25, -0.2) is 18.1 Å². The molecule has 0 spiro atoms. The minimum absolute atomic E-state index is 0.0510. The Morgan fingerprint density at radius 1 is 1.38 bits per heavy atom. The lowest BCUT2D eigenvalue weighted by Gasteiger charge is -2.04. The van der Waals surface area contributed by atoms with Crippen LogP contribution in [0.25, 0.3) is 0 Å². The number of anilines is 1. The summed E-state index contributed by atoms with van der Waals surface area (Å²) in [4.78, 5) is 17.0. The van der Waals surface area contributed by atoms with Crippen LogP contribution in [-0.2, 0) is 14.8 Å². The molecule has 21 heavy (non-hydrogen) atoms. The Morgan fingerprint density at radius 2 is 2.14 bits per heavy atom. The lowest BCUT2D eigenvalue weighted by Crippen LogP contribution is -2.27. The van der Waals surface area contributed by atoms with Gasteiger partial charge in [-0.1, -0.05) is 6.07 Å². The average Bonchev–Trinajstić information content (AvgIpc) is 3.01. The summed E-state index contributed by atoms with van der Waals surface area (Å²) in [7, 11) is -3.51. The Kier molecular flexibility index (Phi) is 5.09. The largest absolute Gasteiger partial charge is 0.302 e. The van der Waals surface area contributed by atoms with Crippen LogP contribution in [0.4, 0.5) is 5.13 Å². The van der Waals surface area contributed by atoms with E-state index in [0.29, 0.717) is 5.13 Å². The van der Waals surface area contributed by atoms with E-state index >= 15 is 0 Å². The van der Waals surface area contributed by atoms with Gasteiger partial charge >= 0.3 is 0 Å². The molecule has 0 aliphatic heterocycles. The molecule has 6 nitrogen and oxygen atoms in total. The third-order valence-corrected chi connectivity index (χ3v) is 6.53. The predicted octanol–water partition coefficient (Wildman–Crippen LogP) is 2.13. The number of aromatic nitrogens is 1. The second kappa shape index (κ2) is 6.65. The zero-order valence-electron chi connectivity index (χ0n) is 11.5. The third kappa shape index (κ3) is 4.34. The van der Waals surface area contributed by atoms with E-state index in [2.05, 4.69) is 15.0 Å². The number of carbonyl (C=O) groups is 1. The molecular formula is C12H15N3O3S3. The fourth-order valence-electron chi connectivity index (χ4n) is 1.49. The van der Waals surface area contributed by atoms with Gasteiger partial charge in [-0.2, -0.15) is 0 Å². The highest BCUT2D eigenvalue weighted by molar-refractivity contribution is 7.91. The van der Waals surface area contributed by atoms with Crippen LogP contribution in [0.2, 0.25) is 0 Å². The van der Waals surface area contributed by atoms with Gasteiger partial charge in [0, 0.05) is 17.8 Å². The number of amides is 1. The SMILES string of the molecule is Cc1nc(NC(=O)CCNS(=O)(=O)c2cccs2)sc1C. The van der Waals surface area contributed by atoms with E-state index in [0.717, 1.165) is 21.9 Å². The molecule has 0 saturated heterocycles. The summed E-state index contributed by atoms with van der Waals surface area (Å²) in [6, 6.07) is 3.19. The van der Waals surface area contributed by atoms with Crippen molar-refractivity contribution in [2.24, 2.45) is 0 Å². The number of thiophene rings is 1. The quantitative estimate of drug-likeness (QED) is 0.839. The Labute approximate surface area is 131 Å². The summed E-state index contributed by atoms with van der Waals surface area (Å²) in [5.74, 6) is -0.266. The molecule has 1 amide bonds. The molecule has 0 unspecified atom stereocenters. The number of sulfonamides is 1. The van der Waals surface area contributed by atoms with Crippen molar-refractivity contribution in [1.82, 2.24) is 9.71 Å². The summed E-state index contributed by atoms with van der Waals surface area (Å²) in [6.07, 6.45) is 0.0578. The van der Waals surface area contributed by atoms with Crippen molar-refractivity contribution in [3.63, 3.8) is 0 Å². The molecule has 0 atom stereocenters. The maximum atomic E-state index is 11.8. The number of aryl methyl sites for hydroxylation is 2. The van der Waals surface area contributed by atoms with Crippen molar-refractivity contribution in [3.8, 4) is 0 Å². The fourth-order valence-corrected chi connectivity index (χ4v) is 4.39. The minimum Gasteiger partial charge on any atom is -0.302 e. The smallest absolute Gasteiger partial charge is 0.250 e. The number of thiazole rings is 1. The average molecular weight is 345 g/mol. The molecule has 0 aliphatic carbocycles. The van der Waals surface area contributed by atoms with Gasteiger partial charge in [0.05, 0.1) is 5.69 Å². The molecule has 2 aromatic heterocycles. The van der Waals surface area contributed by atoms with Gasteiger partial charge in [0.25, 0.3) is 0 Å². The Morgan fingerprint density at radius 3 is 2.71 bits per heavy atom. The van der Waals surface area contributed by atoms with Crippen LogP contribution in [0.5, 0.6) is 0 Å². The fraction of sp³-hybridized carbons (Fsp3) is 0.333. The number of nitrogens with zero attached hydrogens (tertiary/aromatic N) is 1. The highest BCUT2D eigenvalue weighted by atomic mass is 32.2. The second-order valence-corrected chi connectivity index (χ2v) is 8.43. The first kappa shape index (κ1) is 16.1. The van der Waals surface area contributed by atoms with E-state index < -0.39 is 10.0 Å². The number of nitrogens with one attached hydrogen (secondary N) is 2. The van der Waals surface area contributed by atoms with Gasteiger partial charge in [0.1, 0.15) is 4.21 Å². The van der Waals surface area contributed by atoms with Gasteiger partial charge in [0.15, 0.2) is 5.13 Å². The topological polar surface area (TPSA) is 88.2 Å². The molecule has 9 heteroatoms. The van der Waals surface area contributed by atoms with E-state index in [9.17, 15) is 13.2 Å². The third-order valence-electron chi connectivity index (χ3n) is 2.68.